The largest absolute Gasteiger partial charge is 0.460 e. The Morgan fingerprint density at radius 2 is 2.17 bits per heavy atom. The molecule has 2 unspecified atom stereocenters. The Morgan fingerprint density at radius 1 is 1.50 bits per heavy atom. The van der Waals surface area contributed by atoms with Gasteiger partial charge in [-0.2, -0.15) is 0 Å². The molecule has 0 aliphatic carbocycles. The van der Waals surface area contributed by atoms with Crippen molar-refractivity contribution in [1.29, 1.82) is 0 Å². The Hall–Kier alpha value is -0.790. The first-order valence-corrected chi connectivity index (χ1v) is 4.51. The standard InChI is InChI=1S/C10H18O2/c1-4-7-9(5-2)10(6-3)12-8-11/h6,8-10H,3-5,7H2,1-2H3. The average Bonchev–Trinajstić information content (AvgIpc) is 2.11. The average molecular weight is 170 g/mol. The van der Waals surface area contributed by atoms with Gasteiger partial charge in [-0.1, -0.05) is 32.9 Å². The zero-order valence-electron chi connectivity index (χ0n) is 7.95. The highest BCUT2D eigenvalue weighted by Crippen LogP contribution is 2.18. The van der Waals surface area contributed by atoms with Gasteiger partial charge in [-0.25, -0.2) is 0 Å². The van der Waals surface area contributed by atoms with Gasteiger partial charge in [0, 0.05) is 0 Å². The SMILES string of the molecule is C=CC(OC=O)C(CC)CCC. The monoisotopic (exact) mass is 170 g/mol. The Labute approximate surface area is 74.6 Å². The molecule has 0 heterocycles. The minimum Gasteiger partial charge on any atom is -0.460 e. The van der Waals surface area contributed by atoms with Crippen LogP contribution in [0.15, 0.2) is 12.7 Å². The first kappa shape index (κ1) is 11.2. The van der Waals surface area contributed by atoms with Crippen LogP contribution in [0.1, 0.15) is 33.1 Å². The van der Waals surface area contributed by atoms with E-state index in [0.717, 1.165) is 19.3 Å². The number of hydrogen-bond donors (Lipinski definition) is 0. The van der Waals surface area contributed by atoms with Crippen LogP contribution in [0.3, 0.4) is 0 Å². The van der Waals surface area contributed by atoms with Gasteiger partial charge in [-0.05, 0) is 18.8 Å². The second-order valence-electron chi connectivity index (χ2n) is 2.89. The summed E-state index contributed by atoms with van der Waals surface area (Å²) in [6.07, 6.45) is 4.83. The molecular weight excluding hydrogens is 152 g/mol. The zero-order chi connectivity index (χ0) is 9.40. The minimum atomic E-state index is -0.104. The van der Waals surface area contributed by atoms with E-state index in [1.807, 2.05) is 0 Å². The fraction of sp³-hybridized carbons (Fsp3) is 0.700. The molecule has 0 rings (SSSR count). The van der Waals surface area contributed by atoms with Gasteiger partial charge in [0.05, 0.1) is 0 Å². The molecule has 0 amide bonds. The van der Waals surface area contributed by atoms with Gasteiger partial charge in [0.1, 0.15) is 6.10 Å². The van der Waals surface area contributed by atoms with E-state index in [2.05, 4.69) is 20.4 Å². The third-order valence-corrected chi connectivity index (χ3v) is 2.09. The van der Waals surface area contributed by atoms with Gasteiger partial charge < -0.3 is 4.74 Å². The zero-order valence-corrected chi connectivity index (χ0v) is 7.95. The summed E-state index contributed by atoms with van der Waals surface area (Å²) in [6.45, 7) is 8.38. The molecule has 0 radical (unpaired) electrons. The van der Waals surface area contributed by atoms with Crippen LogP contribution >= 0.6 is 0 Å². The van der Waals surface area contributed by atoms with Gasteiger partial charge >= 0.3 is 0 Å². The molecule has 0 bridgehead atoms. The van der Waals surface area contributed by atoms with Crippen molar-refractivity contribution in [3.8, 4) is 0 Å². The highest BCUT2D eigenvalue weighted by molar-refractivity contribution is 5.38. The van der Waals surface area contributed by atoms with Crippen molar-refractivity contribution in [3.05, 3.63) is 12.7 Å². The van der Waals surface area contributed by atoms with E-state index in [1.54, 1.807) is 6.08 Å². The van der Waals surface area contributed by atoms with Gasteiger partial charge in [0.25, 0.3) is 6.47 Å². The van der Waals surface area contributed by atoms with E-state index < -0.39 is 0 Å². The number of carbonyl (C=O) groups excluding carboxylic acids is 1. The summed E-state index contributed by atoms with van der Waals surface area (Å²) >= 11 is 0. The van der Waals surface area contributed by atoms with Gasteiger partial charge in [-0.3, -0.25) is 4.79 Å². The molecule has 0 spiro atoms. The predicted octanol–water partition coefficient (Wildman–Crippen LogP) is 2.54. The van der Waals surface area contributed by atoms with E-state index in [0.29, 0.717) is 12.4 Å². The number of carbonyl (C=O) groups is 1. The van der Waals surface area contributed by atoms with Crippen LogP contribution in [0, 0.1) is 5.92 Å². The van der Waals surface area contributed by atoms with Gasteiger partial charge in [0.2, 0.25) is 0 Å². The lowest BCUT2D eigenvalue weighted by atomic mass is 9.94. The molecule has 70 valence electrons. The van der Waals surface area contributed by atoms with Gasteiger partial charge in [0.15, 0.2) is 0 Å². The van der Waals surface area contributed by atoms with Crippen LogP contribution in [0.25, 0.3) is 0 Å². The van der Waals surface area contributed by atoms with Crippen LogP contribution in [0.4, 0.5) is 0 Å². The lowest BCUT2D eigenvalue weighted by Gasteiger charge is -2.20. The molecule has 0 aliphatic heterocycles. The normalized spacial score (nSPS) is 14.8. The molecule has 2 atom stereocenters. The highest BCUT2D eigenvalue weighted by Gasteiger charge is 2.16. The van der Waals surface area contributed by atoms with Crippen LogP contribution in [0.5, 0.6) is 0 Å². The minimum absolute atomic E-state index is 0.104. The molecular formula is C10H18O2. The summed E-state index contributed by atoms with van der Waals surface area (Å²) in [5.41, 5.74) is 0. The molecule has 0 aromatic carbocycles. The fourth-order valence-electron chi connectivity index (χ4n) is 1.39. The van der Waals surface area contributed by atoms with Crippen molar-refractivity contribution in [2.45, 2.75) is 39.2 Å². The molecule has 2 nitrogen and oxygen atoms in total. The lowest BCUT2D eigenvalue weighted by molar-refractivity contribution is -0.133. The first-order chi connectivity index (χ1) is 5.79. The quantitative estimate of drug-likeness (QED) is 0.433. The number of ether oxygens (including phenoxy) is 1. The van der Waals surface area contributed by atoms with Crippen LogP contribution in [0.2, 0.25) is 0 Å². The third kappa shape index (κ3) is 3.56. The maximum absolute atomic E-state index is 10.1. The summed E-state index contributed by atoms with van der Waals surface area (Å²) < 4.78 is 4.90. The second kappa shape index (κ2) is 6.89. The van der Waals surface area contributed by atoms with Crippen molar-refractivity contribution in [3.63, 3.8) is 0 Å². The predicted molar refractivity (Wildman–Crippen MR) is 49.8 cm³/mol. The topological polar surface area (TPSA) is 26.3 Å². The molecule has 0 N–H and O–H groups in total. The Balaban J connectivity index is 4.01. The van der Waals surface area contributed by atoms with Crippen molar-refractivity contribution in [2.75, 3.05) is 0 Å². The summed E-state index contributed by atoms with van der Waals surface area (Å²) in [7, 11) is 0. The Morgan fingerprint density at radius 3 is 2.50 bits per heavy atom. The number of rotatable bonds is 7. The van der Waals surface area contributed by atoms with Crippen molar-refractivity contribution >= 4 is 6.47 Å². The molecule has 0 aromatic rings. The van der Waals surface area contributed by atoms with E-state index in [1.165, 1.54) is 0 Å². The van der Waals surface area contributed by atoms with Gasteiger partial charge in [-0.15, -0.1) is 0 Å². The smallest absolute Gasteiger partial charge is 0.293 e. The second-order valence-corrected chi connectivity index (χ2v) is 2.89. The first-order valence-electron chi connectivity index (χ1n) is 4.51. The highest BCUT2D eigenvalue weighted by atomic mass is 16.5. The summed E-state index contributed by atoms with van der Waals surface area (Å²) in [5.74, 6) is 0.428. The fourth-order valence-corrected chi connectivity index (χ4v) is 1.39. The van der Waals surface area contributed by atoms with Crippen molar-refractivity contribution < 1.29 is 9.53 Å². The lowest BCUT2D eigenvalue weighted by Crippen LogP contribution is -2.20. The van der Waals surface area contributed by atoms with Crippen LogP contribution in [-0.2, 0) is 9.53 Å². The van der Waals surface area contributed by atoms with E-state index in [4.69, 9.17) is 4.74 Å². The number of hydrogen-bond acceptors (Lipinski definition) is 2. The maximum atomic E-state index is 10.1. The molecule has 12 heavy (non-hydrogen) atoms. The Kier molecular flexibility index (Phi) is 6.44. The molecule has 0 aliphatic rings. The molecule has 0 aromatic heterocycles. The molecule has 0 saturated carbocycles. The molecule has 0 saturated heterocycles. The summed E-state index contributed by atoms with van der Waals surface area (Å²) in [5, 5.41) is 0. The van der Waals surface area contributed by atoms with Crippen LogP contribution in [-0.4, -0.2) is 12.6 Å². The summed E-state index contributed by atoms with van der Waals surface area (Å²) in [4.78, 5) is 10.1. The van der Waals surface area contributed by atoms with E-state index in [-0.39, 0.29) is 6.10 Å². The van der Waals surface area contributed by atoms with E-state index in [9.17, 15) is 4.79 Å². The van der Waals surface area contributed by atoms with Crippen LogP contribution < -0.4 is 0 Å². The Bertz CT molecular complexity index is 132. The molecule has 2 heteroatoms. The van der Waals surface area contributed by atoms with Crippen molar-refractivity contribution in [2.24, 2.45) is 5.92 Å². The van der Waals surface area contributed by atoms with Crippen molar-refractivity contribution in [1.82, 2.24) is 0 Å². The summed E-state index contributed by atoms with van der Waals surface area (Å²) in [6, 6.07) is 0. The molecule has 0 fully saturated rings. The van der Waals surface area contributed by atoms with E-state index >= 15 is 0 Å². The maximum Gasteiger partial charge on any atom is 0.293 e. The third-order valence-electron chi connectivity index (χ3n) is 2.09.